The van der Waals surface area contributed by atoms with Crippen LogP contribution in [0.25, 0.3) is 0 Å². The van der Waals surface area contributed by atoms with E-state index in [2.05, 4.69) is 10.6 Å². The van der Waals surface area contributed by atoms with Gasteiger partial charge in [-0.05, 0) is 35.4 Å². The highest BCUT2D eigenvalue weighted by Crippen LogP contribution is 2.23. The van der Waals surface area contributed by atoms with Crippen LogP contribution in [0.2, 0.25) is 0 Å². The quantitative estimate of drug-likeness (QED) is 0.228. The topological polar surface area (TPSA) is 95.1 Å². The molecule has 2 amide bonds. The molecule has 4 aromatic carbocycles. The zero-order chi connectivity index (χ0) is 27.5. The Hall–Kier alpha value is -5.06. The smallest absolute Gasteiger partial charge is 0.526 e. The van der Waals surface area contributed by atoms with Crippen LogP contribution in [0.5, 0.6) is 11.5 Å². The predicted molar refractivity (Wildman–Crippen MR) is 140 cm³/mol. The van der Waals surface area contributed by atoms with Crippen molar-refractivity contribution in [1.29, 1.82) is 0 Å². The number of hydrogen-bond acceptors (Lipinski definition) is 6. The summed E-state index contributed by atoms with van der Waals surface area (Å²) >= 11 is 0. The Bertz CT molecular complexity index is 1300. The molecule has 4 rings (SSSR count). The van der Waals surface area contributed by atoms with Crippen molar-refractivity contribution in [2.45, 2.75) is 13.2 Å². The van der Waals surface area contributed by atoms with Gasteiger partial charge >= 0.3 is 19.9 Å². The molecule has 0 saturated carbocycles. The molecule has 0 atom stereocenters. The summed E-state index contributed by atoms with van der Waals surface area (Å²) in [7, 11) is 0.881. The van der Waals surface area contributed by atoms with E-state index in [1.54, 1.807) is 24.3 Å². The fraction of sp³-hybridized carbons (Fsp3) is 0.0714. The molecular formula is C28H22BF2N2O6. The second-order valence-electron chi connectivity index (χ2n) is 7.99. The van der Waals surface area contributed by atoms with Crippen molar-refractivity contribution in [3.8, 4) is 11.5 Å². The molecule has 0 heterocycles. The lowest BCUT2D eigenvalue weighted by molar-refractivity contribution is 0.154. The van der Waals surface area contributed by atoms with E-state index in [-0.39, 0.29) is 36.1 Å². The molecule has 0 aliphatic rings. The maximum Gasteiger partial charge on any atom is 0.658 e. The molecule has 0 bridgehead atoms. The number of amides is 2. The summed E-state index contributed by atoms with van der Waals surface area (Å²) in [6, 6.07) is 25.5. The van der Waals surface area contributed by atoms with Gasteiger partial charge in [0.1, 0.15) is 36.3 Å². The van der Waals surface area contributed by atoms with Crippen molar-refractivity contribution < 1.29 is 37.2 Å². The van der Waals surface area contributed by atoms with E-state index in [1.807, 2.05) is 36.4 Å². The molecule has 39 heavy (non-hydrogen) atoms. The van der Waals surface area contributed by atoms with Gasteiger partial charge in [-0.15, -0.1) is 0 Å². The van der Waals surface area contributed by atoms with Crippen LogP contribution in [0.15, 0.2) is 97.1 Å². The first-order valence-electron chi connectivity index (χ1n) is 11.7. The van der Waals surface area contributed by atoms with E-state index in [0.717, 1.165) is 30.9 Å². The van der Waals surface area contributed by atoms with E-state index in [1.165, 1.54) is 24.3 Å². The van der Waals surface area contributed by atoms with Gasteiger partial charge in [-0.2, -0.15) is 0 Å². The van der Waals surface area contributed by atoms with Gasteiger partial charge in [0, 0.05) is 12.1 Å². The molecule has 0 fully saturated rings. The van der Waals surface area contributed by atoms with Crippen LogP contribution in [-0.4, -0.2) is 19.9 Å². The lowest BCUT2D eigenvalue weighted by Crippen LogP contribution is -2.15. The first kappa shape index (κ1) is 27.0. The maximum absolute atomic E-state index is 14.4. The van der Waals surface area contributed by atoms with Crippen LogP contribution in [0, 0.1) is 11.6 Å². The summed E-state index contributed by atoms with van der Waals surface area (Å²) in [5, 5.41) is 4.63. The molecule has 1 radical (unpaired) electrons. The van der Waals surface area contributed by atoms with Crippen molar-refractivity contribution in [1.82, 2.24) is 0 Å². The van der Waals surface area contributed by atoms with Gasteiger partial charge in [-0.25, -0.2) is 18.4 Å². The largest absolute Gasteiger partial charge is 0.658 e. The van der Waals surface area contributed by atoms with E-state index >= 15 is 0 Å². The van der Waals surface area contributed by atoms with E-state index in [9.17, 15) is 18.4 Å². The molecule has 0 unspecified atom stereocenters. The lowest BCUT2D eigenvalue weighted by Gasteiger charge is -2.11. The standard InChI is InChI=1S/C28H22BF2N2O6/c30-23-15-21(11-13-25(23)32-27(34)36-17-19-7-3-1-4-8-19)38-29-39-22-12-14-26(24(31)16-22)33-28(35)37-18-20-9-5-2-6-10-20/h1-16H,17-18H2,(H,32,34)(H,33,35). The second kappa shape index (κ2) is 13.5. The van der Waals surface area contributed by atoms with Crippen molar-refractivity contribution in [2.75, 3.05) is 10.6 Å². The van der Waals surface area contributed by atoms with Gasteiger partial charge in [0.2, 0.25) is 0 Å². The summed E-state index contributed by atoms with van der Waals surface area (Å²) in [6.45, 7) is 0.0789. The molecule has 0 aliphatic carbocycles. The number of halogens is 2. The monoisotopic (exact) mass is 531 g/mol. The Morgan fingerprint density at radius 1 is 0.615 bits per heavy atom. The number of ether oxygens (including phenoxy) is 2. The van der Waals surface area contributed by atoms with Crippen LogP contribution >= 0.6 is 0 Å². The second-order valence-corrected chi connectivity index (χ2v) is 7.99. The first-order valence-corrected chi connectivity index (χ1v) is 11.7. The third kappa shape index (κ3) is 8.49. The highest BCUT2D eigenvalue weighted by atomic mass is 19.1. The predicted octanol–water partition coefficient (Wildman–Crippen LogP) is 6.45. The summed E-state index contributed by atoms with van der Waals surface area (Å²) in [5.41, 5.74) is 1.38. The average Bonchev–Trinajstić information content (AvgIpc) is 2.95. The minimum atomic E-state index is -0.814. The first-order chi connectivity index (χ1) is 19.0. The minimum Gasteiger partial charge on any atom is -0.526 e. The number of carbonyl (C=O) groups is 2. The fourth-order valence-corrected chi connectivity index (χ4v) is 3.21. The summed E-state index contributed by atoms with van der Waals surface area (Å²) in [4.78, 5) is 23.9. The van der Waals surface area contributed by atoms with E-state index in [4.69, 9.17) is 18.8 Å². The van der Waals surface area contributed by atoms with Gasteiger partial charge in [0.25, 0.3) is 0 Å². The van der Waals surface area contributed by atoms with Crippen molar-refractivity contribution in [3.05, 3.63) is 120 Å². The number of hydrogen-bond donors (Lipinski definition) is 2. The van der Waals surface area contributed by atoms with Crippen LogP contribution < -0.4 is 19.9 Å². The number of carbonyl (C=O) groups excluding carboxylic acids is 2. The molecule has 2 N–H and O–H groups in total. The Morgan fingerprint density at radius 2 is 1.03 bits per heavy atom. The van der Waals surface area contributed by atoms with Crippen molar-refractivity contribution >= 4 is 31.2 Å². The molecule has 8 nitrogen and oxygen atoms in total. The van der Waals surface area contributed by atoms with E-state index in [0.29, 0.717) is 0 Å². The number of rotatable bonds is 10. The zero-order valence-electron chi connectivity index (χ0n) is 20.4. The van der Waals surface area contributed by atoms with Gasteiger partial charge in [0.05, 0.1) is 11.4 Å². The Morgan fingerprint density at radius 3 is 1.41 bits per heavy atom. The van der Waals surface area contributed by atoms with Crippen LogP contribution in [0.3, 0.4) is 0 Å². The summed E-state index contributed by atoms with van der Waals surface area (Å²) in [5.74, 6) is -1.40. The van der Waals surface area contributed by atoms with E-state index < -0.39 is 23.8 Å². The van der Waals surface area contributed by atoms with Gasteiger partial charge < -0.3 is 18.8 Å². The Labute approximate surface area is 223 Å². The number of anilines is 2. The highest BCUT2D eigenvalue weighted by Gasteiger charge is 2.13. The normalized spacial score (nSPS) is 10.2. The number of nitrogens with one attached hydrogen (secondary N) is 2. The van der Waals surface area contributed by atoms with Crippen LogP contribution in [0.4, 0.5) is 29.7 Å². The van der Waals surface area contributed by atoms with Gasteiger partial charge in [-0.1, -0.05) is 60.7 Å². The zero-order valence-corrected chi connectivity index (χ0v) is 20.4. The third-order valence-corrected chi connectivity index (χ3v) is 5.15. The molecule has 0 spiro atoms. The van der Waals surface area contributed by atoms with Crippen LogP contribution in [0.1, 0.15) is 11.1 Å². The third-order valence-electron chi connectivity index (χ3n) is 5.15. The van der Waals surface area contributed by atoms with Gasteiger partial charge in [0.15, 0.2) is 0 Å². The van der Waals surface area contributed by atoms with Crippen LogP contribution in [-0.2, 0) is 22.7 Å². The minimum absolute atomic E-state index is 0.0395. The van der Waals surface area contributed by atoms with Gasteiger partial charge in [-0.3, -0.25) is 10.6 Å². The lowest BCUT2D eigenvalue weighted by atomic mass is 10.2. The SMILES string of the molecule is O=C(Nc1ccc(O[B]Oc2ccc(NC(=O)OCc3ccccc3)c(F)c2)cc1F)OCc1ccccc1. The molecule has 0 saturated heterocycles. The number of benzene rings is 4. The summed E-state index contributed by atoms with van der Waals surface area (Å²) < 4.78 is 49.3. The highest BCUT2D eigenvalue weighted by molar-refractivity contribution is 6.20. The molecular weight excluding hydrogens is 509 g/mol. The molecule has 4 aromatic rings. The average molecular weight is 531 g/mol. The van der Waals surface area contributed by atoms with Crippen molar-refractivity contribution in [3.63, 3.8) is 0 Å². The fourth-order valence-electron chi connectivity index (χ4n) is 3.21. The summed E-state index contributed by atoms with van der Waals surface area (Å²) in [6.07, 6.45) is -1.63. The molecule has 0 aliphatic heterocycles. The molecule has 0 aromatic heterocycles. The Balaban J connectivity index is 1.21. The molecule has 197 valence electrons. The van der Waals surface area contributed by atoms with Crippen molar-refractivity contribution in [2.24, 2.45) is 0 Å². The molecule has 11 heteroatoms. The Kier molecular flexibility index (Phi) is 9.33. The maximum atomic E-state index is 14.4.